The third-order valence-corrected chi connectivity index (χ3v) is 11.2. The summed E-state index contributed by atoms with van der Waals surface area (Å²) < 4.78 is 1.95. The molecule has 58 heavy (non-hydrogen) atoms. The number of aromatic nitrogens is 2. The fraction of sp³-hybridized carbons (Fsp3) is 0.0182. The molecule has 0 N–H and O–H groups in total. The van der Waals surface area contributed by atoms with E-state index >= 15 is 0 Å². The molecule has 0 unspecified atom stereocenters. The fourth-order valence-corrected chi connectivity index (χ4v) is 8.37. The van der Waals surface area contributed by atoms with Crippen molar-refractivity contribution in [2.24, 2.45) is 0 Å². The molecule has 0 bridgehead atoms. The van der Waals surface area contributed by atoms with Crippen LogP contribution in [0.4, 0.5) is 0 Å². The Kier molecular flexibility index (Phi) is 8.69. The van der Waals surface area contributed by atoms with Crippen LogP contribution in [0.15, 0.2) is 212 Å². The van der Waals surface area contributed by atoms with Gasteiger partial charge in [0.1, 0.15) is 0 Å². The van der Waals surface area contributed by atoms with E-state index < -0.39 is 0 Å². The van der Waals surface area contributed by atoms with Crippen molar-refractivity contribution < 1.29 is 0 Å². The molecule has 0 aliphatic heterocycles. The maximum atomic E-state index is 14.8. The number of rotatable bonds is 8. The molecular weight excluding hydrogens is 705 g/mol. The predicted octanol–water partition coefficient (Wildman–Crippen LogP) is 13.8. The van der Waals surface area contributed by atoms with Gasteiger partial charge in [-0.15, -0.1) is 0 Å². The first kappa shape index (κ1) is 34.8. The maximum absolute atomic E-state index is 14.8. The molecule has 7 aromatic carbocycles. The van der Waals surface area contributed by atoms with Crippen molar-refractivity contribution in [2.45, 2.75) is 6.92 Å². The number of fused-ring (bicyclic) bond motifs is 5. The molecule has 3 heterocycles. The lowest BCUT2D eigenvalue weighted by Crippen LogP contribution is -2.13. The topological polar surface area (TPSA) is 34.4 Å². The van der Waals surface area contributed by atoms with Crippen LogP contribution >= 0.6 is 0 Å². The maximum Gasteiger partial charge on any atom is 0.263 e. The Morgan fingerprint density at radius 1 is 0.517 bits per heavy atom. The predicted molar refractivity (Wildman–Crippen MR) is 245 cm³/mol. The molecule has 10 rings (SSSR count). The second-order valence-corrected chi connectivity index (χ2v) is 14.8. The van der Waals surface area contributed by atoms with Crippen LogP contribution in [-0.4, -0.2) is 9.38 Å². The van der Waals surface area contributed by atoms with Gasteiger partial charge in [-0.05, 0) is 87.2 Å². The largest absolute Gasteiger partial charge is 0.275 e. The molecule has 3 aromatic heterocycles. The van der Waals surface area contributed by atoms with Gasteiger partial charge in [-0.3, -0.25) is 9.20 Å². The van der Waals surface area contributed by atoms with Crippen LogP contribution in [-0.2, 0) is 0 Å². The molecule has 3 heteroatoms. The standard InChI is InChI=1S/C55H38N2O/c1-36(38-17-7-3-8-18-38)31-44(32-37(2)39-19-9-4-10-20-39)45-29-30-48-46-28-27-42(35-52(46)57-54(48)53(45)47-25-15-16-26-49(47)55(57)58)43-33-50(40-21-11-5-12-22-40)56-51(34-43)41-23-13-6-14-24-41/h3-35H,1H2,2H3/b37-32+,44-31+. The first-order chi connectivity index (χ1) is 28.5. The van der Waals surface area contributed by atoms with Gasteiger partial charge < -0.3 is 0 Å². The smallest absolute Gasteiger partial charge is 0.263 e. The number of allylic oxidation sites excluding steroid dienone is 5. The zero-order valence-corrected chi connectivity index (χ0v) is 32.1. The van der Waals surface area contributed by atoms with Crippen molar-refractivity contribution >= 4 is 54.7 Å². The Hall–Kier alpha value is -7.62. The molecule has 0 radical (unpaired) electrons. The van der Waals surface area contributed by atoms with E-state index in [2.05, 4.69) is 135 Å². The Labute approximate surface area is 337 Å². The van der Waals surface area contributed by atoms with Crippen molar-refractivity contribution in [1.82, 2.24) is 9.38 Å². The first-order valence-electron chi connectivity index (χ1n) is 19.6. The van der Waals surface area contributed by atoms with Crippen LogP contribution in [0.3, 0.4) is 0 Å². The molecule has 274 valence electrons. The van der Waals surface area contributed by atoms with Crippen LogP contribution in [0.2, 0.25) is 0 Å². The number of nitrogens with zero attached hydrogens (tertiary/aromatic N) is 2. The highest BCUT2D eigenvalue weighted by atomic mass is 16.1. The zero-order chi connectivity index (χ0) is 39.2. The van der Waals surface area contributed by atoms with Crippen molar-refractivity contribution in [3.63, 3.8) is 0 Å². The Balaban J connectivity index is 1.24. The SMILES string of the molecule is C=C(/C=C(\C=C(/C)c1ccccc1)c1ccc2c3ccc(-c4cc(-c5ccccc5)nc(-c5ccccc5)c4)cc3n3c(=O)c4ccccc4c1c23)c1ccccc1. The Bertz CT molecular complexity index is 3230. The van der Waals surface area contributed by atoms with E-state index in [1.165, 1.54) is 0 Å². The summed E-state index contributed by atoms with van der Waals surface area (Å²) in [6.45, 7) is 6.68. The molecule has 0 fully saturated rings. The summed E-state index contributed by atoms with van der Waals surface area (Å²) in [5.41, 5.74) is 14.0. The van der Waals surface area contributed by atoms with Gasteiger partial charge in [0, 0.05) is 32.7 Å². The van der Waals surface area contributed by atoms with Crippen LogP contribution in [0.5, 0.6) is 0 Å². The van der Waals surface area contributed by atoms with E-state index in [4.69, 9.17) is 4.98 Å². The van der Waals surface area contributed by atoms with Gasteiger partial charge in [-0.1, -0.05) is 176 Å². The van der Waals surface area contributed by atoms with E-state index in [1.807, 2.05) is 83.3 Å². The summed E-state index contributed by atoms with van der Waals surface area (Å²) in [6, 6.07) is 64.6. The second kappa shape index (κ2) is 14.5. The van der Waals surface area contributed by atoms with Crippen LogP contribution in [0.1, 0.15) is 23.6 Å². The van der Waals surface area contributed by atoms with E-state index in [0.29, 0.717) is 5.39 Å². The molecule has 0 aliphatic rings. The highest BCUT2D eigenvalue weighted by Gasteiger charge is 2.22. The average molecular weight is 743 g/mol. The minimum absolute atomic E-state index is 0.0303. The van der Waals surface area contributed by atoms with E-state index in [0.717, 1.165) is 99.6 Å². The molecule has 3 nitrogen and oxygen atoms in total. The lowest BCUT2D eigenvalue weighted by atomic mass is 9.91. The van der Waals surface area contributed by atoms with E-state index in [9.17, 15) is 4.79 Å². The summed E-state index contributed by atoms with van der Waals surface area (Å²) in [6.07, 6.45) is 4.44. The molecule has 10 aromatic rings. The highest BCUT2D eigenvalue weighted by Crippen LogP contribution is 2.41. The molecule has 0 atom stereocenters. The average Bonchev–Trinajstić information content (AvgIpc) is 3.63. The number of hydrogen-bond donors (Lipinski definition) is 0. The summed E-state index contributed by atoms with van der Waals surface area (Å²) in [5.74, 6) is 0. The summed E-state index contributed by atoms with van der Waals surface area (Å²) >= 11 is 0. The van der Waals surface area contributed by atoms with Gasteiger partial charge in [0.15, 0.2) is 0 Å². The minimum Gasteiger partial charge on any atom is -0.275 e. The first-order valence-corrected chi connectivity index (χ1v) is 19.6. The minimum atomic E-state index is -0.0303. The fourth-order valence-electron chi connectivity index (χ4n) is 8.37. The van der Waals surface area contributed by atoms with Gasteiger partial charge in [-0.25, -0.2) is 4.98 Å². The molecule has 0 amide bonds. The Morgan fingerprint density at radius 2 is 1.07 bits per heavy atom. The van der Waals surface area contributed by atoms with Gasteiger partial charge in [-0.2, -0.15) is 0 Å². The summed E-state index contributed by atoms with van der Waals surface area (Å²) in [7, 11) is 0. The summed E-state index contributed by atoms with van der Waals surface area (Å²) in [4.78, 5) is 19.9. The van der Waals surface area contributed by atoms with Crippen LogP contribution < -0.4 is 5.56 Å². The third-order valence-electron chi connectivity index (χ3n) is 11.2. The number of pyridine rings is 2. The van der Waals surface area contributed by atoms with Crippen molar-refractivity contribution in [1.29, 1.82) is 0 Å². The Morgan fingerprint density at radius 3 is 1.71 bits per heavy atom. The van der Waals surface area contributed by atoms with Crippen molar-refractivity contribution in [3.05, 3.63) is 234 Å². The second-order valence-electron chi connectivity index (χ2n) is 14.8. The van der Waals surface area contributed by atoms with E-state index in [1.54, 1.807) is 0 Å². The van der Waals surface area contributed by atoms with Gasteiger partial charge in [0.25, 0.3) is 5.56 Å². The van der Waals surface area contributed by atoms with E-state index in [-0.39, 0.29) is 5.56 Å². The van der Waals surface area contributed by atoms with Gasteiger partial charge in [0.2, 0.25) is 0 Å². The third kappa shape index (κ3) is 6.10. The van der Waals surface area contributed by atoms with Crippen molar-refractivity contribution in [3.8, 4) is 33.6 Å². The molecule has 0 aliphatic carbocycles. The molecule has 0 saturated carbocycles. The monoisotopic (exact) mass is 742 g/mol. The van der Waals surface area contributed by atoms with Crippen LogP contribution in [0, 0.1) is 0 Å². The number of benzene rings is 7. The highest BCUT2D eigenvalue weighted by molar-refractivity contribution is 6.23. The lowest BCUT2D eigenvalue weighted by molar-refractivity contribution is 1.21. The molecule has 0 spiro atoms. The number of hydrogen-bond acceptors (Lipinski definition) is 2. The normalized spacial score (nSPS) is 12.2. The van der Waals surface area contributed by atoms with Crippen molar-refractivity contribution in [2.75, 3.05) is 0 Å². The quantitative estimate of drug-likeness (QED) is 0.115. The van der Waals surface area contributed by atoms with Gasteiger partial charge >= 0.3 is 0 Å². The van der Waals surface area contributed by atoms with Crippen LogP contribution in [0.25, 0.3) is 88.3 Å². The lowest BCUT2D eigenvalue weighted by Gasteiger charge is -2.14. The zero-order valence-electron chi connectivity index (χ0n) is 32.1. The molecule has 0 saturated heterocycles. The van der Waals surface area contributed by atoms with Gasteiger partial charge in [0.05, 0.1) is 22.4 Å². The molecular formula is C55H38N2O. The summed E-state index contributed by atoms with van der Waals surface area (Å²) in [5, 5.41) is 4.72.